The van der Waals surface area contributed by atoms with E-state index in [0.717, 1.165) is 25.9 Å². The third kappa shape index (κ3) is 5.91. The predicted molar refractivity (Wildman–Crippen MR) is 117 cm³/mol. The molecule has 1 fully saturated rings. The lowest BCUT2D eigenvalue weighted by Gasteiger charge is -2.42. The molecule has 0 bridgehead atoms. The third-order valence-corrected chi connectivity index (χ3v) is 6.59. The zero-order valence-corrected chi connectivity index (χ0v) is 19.3. The topological polar surface area (TPSA) is 34.1 Å². The van der Waals surface area contributed by atoms with Crippen LogP contribution >= 0.6 is 0 Å². The van der Waals surface area contributed by atoms with Crippen molar-refractivity contribution in [2.45, 2.75) is 91.4 Å². The first-order valence-electron chi connectivity index (χ1n) is 11.1. The highest BCUT2D eigenvalue weighted by Gasteiger charge is 2.36. The Bertz CT molecular complexity index is 485. The molecule has 0 aromatic rings. The molecule has 0 radical (unpaired) electrons. The second kappa shape index (κ2) is 9.23. The lowest BCUT2D eigenvalue weighted by atomic mass is 9.81. The van der Waals surface area contributed by atoms with Crippen molar-refractivity contribution in [3.8, 4) is 0 Å². The van der Waals surface area contributed by atoms with E-state index in [0.29, 0.717) is 17.7 Å². The minimum Gasteiger partial charge on any atom is -0.305 e. The number of hydrogen-bond donors (Lipinski definition) is 1. The van der Waals surface area contributed by atoms with Crippen LogP contribution in [0.15, 0.2) is 5.10 Å². The highest BCUT2D eigenvalue weighted by molar-refractivity contribution is 5.90. The van der Waals surface area contributed by atoms with Crippen molar-refractivity contribution < 1.29 is 0 Å². The minimum absolute atomic E-state index is 0.135. The highest BCUT2D eigenvalue weighted by atomic mass is 15.5. The molecule has 0 aromatic heterocycles. The summed E-state index contributed by atoms with van der Waals surface area (Å²) in [4.78, 5) is 5.06. The fourth-order valence-electron chi connectivity index (χ4n) is 4.64. The number of nitrogens with one attached hydrogen (secondary N) is 1. The van der Waals surface area contributed by atoms with Crippen LogP contribution in [-0.2, 0) is 0 Å². The summed E-state index contributed by atoms with van der Waals surface area (Å²) in [7, 11) is 4.31. The van der Waals surface area contributed by atoms with Crippen LogP contribution in [0.1, 0.15) is 73.6 Å². The number of hydrogen-bond acceptors (Lipinski definition) is 5. The molecule has 0 aromatic carbocycles. The van der Waals surface area contributed by atoms with Crippen LogP contribution < -0.4 is 5.32 Å². The Balaban J connectivity index is 1.95. The first kappa shape index (κ1) is 22.6. The first-order valence-corrected chi connectivity index (χ1v) is 11.1. The molecule has 1 N–H and O–H groups in total. The standard InChI is InChI=1S/C22H45N5/c1-9-13-25(8)20(23-7)17-22(5,6)19-12-16-27(24-19)18-10-14-26(15-11-18)21(2,3)4/h18,20,23H,9-17H2,1-8H3. The SMILES string of the molecule is CCCN(C)C(CC(C)(C)C1=NN(C2CCN(C(C)(C)C)CC2)CC1)NC. The fraction of sp³-hybridized carbons (Fsp3) is 0.955. The second-order valence-electron chi connectivity index (χ2n) is 10.2. The van der Waals surface area contributed by atoms with E-state index in [1.165, 1.54) is 38.1 Å². The summed E-state index contributed by atoms with van der Waals surface area (Å²) in [5.74, 6) is 0. The molecular formula is C22H45N5. The molecule has 1 saturated heterocycles. The maximum atomic E-state index is 5.15. The van der Waals surface area contributed by atoms with Crippen molar-refractivity contribution in [2.24, 2.45) is 10.5 Å². The van der Waals surface area contributed by atoms with Crippen LogP contribution in [0.4, 0.5) is 0 Å². The van der Waals surface area contributed by atoms with E-state index in [2.05, 4.69) is 75.8 Å². The van der Waals surface area contributed by atoms with Gasteiger partial charge in [-0.2, -0.15) is 5.10 Å². The van der Waals surface area contributed by atoms with Crippen molar-refractivity contribution in [3.63, 3.8) is 0 Å². The molecule has 1 atom stereocenters. The summed E-state index contributed by atoms with van der Waals surface area (Å²) in [5, 5.41) is 11.1. The normalized spacial score (nSPS) is 21.8. The Hall–Kier alpha value is -0.650. The summed E-state index contributed by atoms with van der Waals surface area (Å²) in [6, 6.07) is 0.625. The molecule has 2 rings (SSSR count). The lowest BCUT2D eigenvalue weighted by molar-refractivity contribution is 0.0614. The van der Waals surface area contributed by atoms with Gasteiger partial charge in [0.15, 0.2) is 0 Å². The smallest absolute Gasteiger partial charge is 0.0600 e. The van der Waals surface area contributed by atoms with Gasteiger partial charge >= 0.3 is 0 Å². The lowest BCUT2D eigenvalue weighted by Crippen LogP contribution is -2.49. The third-order valence-electron chi connectivity index (χ3n) is 6.59. The van der Waals surface area contributed by atoms with Crippen molar-refractivity contribution >= 4 is 5.71 Å². The summed E-state index contributed by atoms with van der Waals surface area (Å²) in [6.07, 6.45) is 6.32. The molecule has 5 heteroatoms. The van der Waals surface area contributed by atoms with E-state index in [4.69, 9.17) is 5.10 Å². The Labute approximate surface area is 168 Å². The predicted octanol–water partition coefficient (Wildman–Crippen LogP) is 3.61. The highest BCUT2D eigenvalue weighted by Crippen LogP contribution is 2.32. The molecule has 0 aliphatic carbocycles. The molecular weight excluding hydrogens is 334 g/mol. The number of likely N-dealkylation sites (tertiary alicyclic amines) is 1. The van der Waals surface area contributed by atoms with Gasteiger partial charge < -0.3 is 5.32 Å². The maximum absolute atomic E-state index is 5.15. The Morgan fingerprint density at radius 1 is 1.15 bits per heavy atom. The summed E-state index contributed by atoms with van der Waals surface area (Å²) in [5.41, 5.74) is 1.82. The van der Waals surface area contributed by atoms with E-state index < -0.39 is 0 Å². The zero-order chi connectivity index (χ0) is 20.2. The second-order valence-corrected chi connectivity index (χ2v) is 10.2. The molecule has 0 saturated carbocycles. The van der Waals surface area contributed by atoms with Gasteiger partial charge in [0.1, 0.15) is 0 Å². The van der Waals surface area contributed by atoms with E-state index in [1.807, 2.05) is 0 Å². The molecule has 0 spiro atoms. The van der Waals surface area contributed by atoms with Crippen LogP contribution in [0, 0.1) is 5.41 Å². The van der Waals surface area contributed by atoms with Crippen molar-refractivity contribution in [3.05, 3.63) is 0 Å². The van der Waals surface area contributed by atoms with Gasteiger partial charge in [0, 0.05) is 48.8 Å². The molecule has 0 amide bonds. The number of rotatable bonds is 8. The number of piperidine rings is 1. The molecule has 27 heavy (non-hydrogen) atoms. The van der Waals surface area contributed by atoms with E-state index in [9.17, 15) is 0 Å². The van der Waals surface area contributed by atoms with Crippen molar-refractivity contribution in [1.82, 2.24) is 20.1 Å². The monoisotopic (exact) mass is 379 g/mol. The van der Waals surface area contributed by atoms with Crippen LogP contribution in [0.5, 0.6) is 0 Å². The first-order chi connectivity index (χ1) is 12.6. The van der Waals surface area contributed by atoms with Gasteiger partial charge in [0.2, 0.25) is 0 Å². The summed E-state index contributed by atoms with van der Waals surface area (Å²) < 4.78 is 0. The van der Waals surface area contributed by atoms with Crippen LogP contribution in [0.25, 0.3) is 0 Å². The van der Waals surface area contributed by atoms with E-state index >= 15 is 0 Å². The molecule has 5 nitrogen and oxygen atoms in total. The quantitative estimate of drug-likeness (QED) is 0.653. The number of nitrogens with zero attached hydrogens (tertiary/aromatic N) is 4. The molecule has 2 heterocycles. The maximum Gasteiger partial charge on any atom is 0.0600 e. The minimum atomic E-state index is 0.135. The van der Waals surface area contributed by atoms with Gasteiger partial charge in [0.05, 0.1) is 6.17 Å². The summed E-state index contributed by atoms with van der Waals surface area (Å²) >= 11 is 0. The van der Waals surface area contributed by atoms with Gasteiger partial charge in [-0.15, -0.1) is 0 Å². The Kier molecular flexibility index (Phi) is 7.74. The van der Waals surface area contributed by atoms with E-state index in [-0.39, 0.29) is 5.41 Å². The van der Waals surface area contributed by atoms with Gasteiger partial charge in [-0.1, -0.05) is 20.8 Å². The fourth-order valence-corrected chi connectivity index (χ4v) is 4.64. The average Bonchev–Trinajstić information content (AvgIpc) is 3.10. The average molecular weight is 380 g/mol. The number of hydrazone groups is 1. The van der Waals surface area contributed by atoms with Crippen molar-refractivity contribution in [2.75, 3.05) is 40.3 Å². The van der Waals surface area contributed by atoms with Crippen LogP contribution in [0.3, 0.4) is 0 Å². The molecule has 158 valence electrons. The van der Waals surface area contributed by atoms with Gasteiger partial charge in [-0.3, -0.25) is 14.8 Å². The largest absolute Gasteiger partial charge is 0.305 e. The molecule has 2 aliphatic heterocycles. The van der Waals surface area contributed by atoms with Crippen LogP contribution in [-0.4, -0.2) is 78.5 Å². The molecule has 2 aliphatic rings. The van der Waals surface area contributed by atoms with Crippen molar-refractivity contribution in [1.29, 1.82) is 0 Å². The Morgan fingerprint density at radius 2 is 1.78 bits per heavy atom. The van der Waals surface area contributed by atoms with Crippen LogP contribution in [0.2, 0.25) is 0 Å². The zero-order valence-electron chi connectivity index (χ0n) is 19.3. The summed E-state index contributed by atoms with van der Waals surface area (Å²) in [6.45, 7) is 18.6. The van der Waals surface area contributed by atoms with Gasteiger partial charge in [-0.25, -0.2) is 0 Å². The van der Waals surface area contributed by atoms with E-state index in [1.54, 1.807) is 0 Å². The molecule has 1 unspecified atom stereocenters. The Morgan fingerprint density at radius 3 is 2.30 bits per heavy atom. The van der Waals surface area contributed by atoms with Gasteiger partial charge in [0.25, 0.3) is 0 Å². The van der Waals surface area contributed by atoms with Gasteiger partial charge in [-0.05, 0) is 67.1 Å².